The second-order valence-corrected chi connectivity index (χ2v) is 8.02. The minimum Gasteiger partial charge on any atom is -0.486 e. The Hall–Kier alpha value is -2.04. The number of carbonyl (C=O) groups excluding carboxylic acids is 2. The van der Waals surface area contributed by atoms with Gasteiger partial charge in [-0.3, -0.25) is 9.59 Å². The molecular formula is C20H28N2O3. The molecule has 25 heavy (non-hydrogen) atoms. The van der Waals surface area contributed by atoms with E-state index in [9.17, 15) is 9.59 Å². The van der Waals surface area contributed by atoms with Crippen molar-refractivity contribution in [3.05, 3.63) is 29.8 Å². The summed E-state index contributed by atoms with van der Waals surface area (Å²) in [7, 11) is 0. The van der Waals surface area contributed by atoms with Crippen LogP contribution in [0.5, 0.6) is 5.75 Å². The van der Waals surface area contributed by atoms with E-state index in [2.05, 4.69) is 13.0 Å². The van der Waals surface area contributed by atoms with E-state index >= 15 is 0 Å². The van der Waals surface area contributed by atoms with Crippen LogP contribution < -0.4 is 4.74 Å². The molecule has 5 nitrogen and oxygen atoms in total. The van der Waals surface area contributed by atoms with Crippen LogP contribution in [0.15, 0.2) is 24.3 Å². The third kappa shape index (κ3) is 3.65. The maximum Gasteiger partial charge on any atom is 0.228 e. The Morgan fingerprint density at radius 1 is 1.20 bits per heavy atom. The van der Waals surface area contributed by atoms with E-state index in [1.165, 1.54) is 5.56 Å². The van der Waals surface area contributed by atoms with E-state index in [1.54, 1.807) is 0 Å². The predicted octanol–water partition coefficient (Wildman–Crippen LogP) is 2.49. The molecule has 2 amide bonds. The molecule has 0 radical (unpaired) electrons. The van der Waals surface area contributed by atoms with Gasteiger partial charge in [0.2, 0.25) is 11.8 Å². The number of benzene rings is 1. The number of ether oxygens (including phenoxy) is 1. The summed E-state index contributed by atoms with van der Waals surface area (Å²) >= 11 is 0. The molecule has 136 valence electrons. The highest BCUT2D eigenvalue weighted by molar-refractivity contribution is 5.90. The van der Waals surface area contributed by atoms with Gasteiger partial charge in [-0.25, -0.2) is 0 Å². The van der Waals surface area contributed by atoms with Crippen LogP contribution in [0, 0.1) is 5.92 Å². The highest BCUT2D eigenvalue weighted by atomic mass is 16.5. The van der Waals surface area contributed by atoms with Crippen LogP contribution in [0.3, 0.4) is 0 Å². The van der Waals surface area contributed by atoms with E-state index in [1.807, 2.05) is 48.8 Å². The van der Waals surface area contributed by atoms with E-state index < -0.39 is 0 Å². The van der Waals surface area contributed by atoms with Gasteiger partial charge in [-0.15, -0.1) is 0 Å². The Balaban J connectivity index is 1.53. The first kappa shape index (κ1) is 17.8. The van der Waals surface area contributed by atoms with Crippen LogP contribution in [0.25, 0.3) is 0 Å². The number of amides is 2. The van der Waals surface area contributed by atoms with Crippen LogP contribution in [0.4, 0.5) is 0 Å². The number of rotatable bonds is 4. The number of nitrogens with zero attached hydrogens (tertiary/aromatic N) is 2. The lowest BCUT2D eigenvalue weighted by Gasteiger charge is -2.40. The number of hydrogen-bond donors (Lipinski definition) is 0. The van der Waals surface area contributed by atoms with Crippen molar-refractivity contribution >= 4 is 11.8 Å². The van der Waals surface area contributed by atoms with Gasteiger partial charge in [-0.1, -0.05) is 25.1 Å². The summed E-state index contributed by atoms with van der Waals surface area (Å²) in [5, 5.41) is 0. The highest BCUT2D eigenvalue weighted by Crippen LogP contribution is 2.29. The molecule has 1 aromatic rings. The van der Waals surface area contributed by atoms with Crippen molar-refractivity contribution < 1.29 is 14.3 Å². The van der Waals surface area contributed by atoms with Crippen molar-refractivity contribution in [3.63, 3.8) is 0 Å². The van der Waals surface area contributed by atoms with E-state index in [-0.39, 0.29) is 29.4 Å². The van der Waals surface area contributed by atoms with Gasteiger partial charge >= 0.3 is 0 Å². The van der Waals surface area contributed by atoms with Crippen molar-refractivity contribution in [3.8, 4) is 5.75 Å². The molecule has 2 fully saturated rings. The number of hydrogen-bond acceptors (Lipinski definition) is 3. The summed E-state index contributed by atoms with van der Waals surface area (Å²) in [6.45, 7) is 9.89. The maximum atomic E-state index is 12.7. The largest absolute Gasteiger partial charge is 0.486 e. The zero-order chi connectivity index (χ0) is 18.2. The number of carbonyl (C=O) groups is 2. The highest BCUT2D eigenvalue weighted by Gasteiger charge is 2.43. The quantitative estimate of drug-likeness (QED) is 0.843. The summed E-state index contributed by atoms with van der Waals surface area (Å²) in [5.41, 5.74) is 0.964. The number of para-hydroxylation sites is 1. The zero-order valence-corrected chi connectivity index (χ0v) is 15.6. The van der Waals surface area contributed by atoms with Crippen LogP contribution in [0.1, 0.15) is 39.7 Å². The predicted molar refractivity (Wildman–Crippen MR) is 96.4 cm³/mol. The number of likely N-dealkylation sites (tertiary alicyclic amines) is 2. The molecule has 0 bridgehead atoms. The van der Waals surface area contributed by atoms with Crippen molar-refractivity contribution in [1.29, 1.82) is 0 Å². The van der Waals surface area contributed by atoms with Crippen LogP contribution in [-0.4, -0.2) is 52.9 Å². The summed E-state index contributed by atoms with van der Waals surface area (Å²) in [4.78, 5) is 28.5. The molecular weight excluding hydrogens is 316 g/mol. The van der Waals surface area contributed by atoms with Gasteiger partial charge in [-0.05, 0) is 38.8 Å². The minimum atomic E-state index is -0.226. The Labute approximate surface area is 149 Å². The van der Waals surface area contributed by atoms with Crippen LogP contribution in [-0.2, 0) is 16.0 Å². The van der Waals surface area contributed by atoms with Gasteiger partial charge in [0.1, 0.15) is 11.9 Å². The van der Waals surface area contributed by atoms with Gasteiger partial charge in [0, 0.05) is 18.5 Å². The van der Waals surface area contributed by atoms with Gasteiger partial charge < -0.3 is 14.5 Å². The van der Waals surface area contributed by atoms with Crippen LogP contribution in [0.2, 0.25) is 0 Å². The first-order valence-electron chi connectivity index (χ1n) is 9.13. The molecule has 2 heterocycles. The SMILES string of the molecule is CCc1ccccc1OC1CN(C(=O)[C@H]2CC(=O)N(C(C)(C)C)C2)C1. The van der Waals surface area contributed by atoms with Gasteiger partial charge in [0.15, 0.2) is 0 Å². The topological polar surface area (TPSA) is 49.9 Å². The maximum absolute atomic E-state index is 12.7. The standard InChI is InChI=1S/C20H28N2O3/c1-5-14-8-6-7-9-17(14)25-16-12-21(13-16)19(24)15-10-18(23)22(11-15)20(2,3)4/h6-9,15-16H,5,10-13H2,1-4H3/t15-/m0/s1. The van der Waals surface area contributed by atoms with Crippen molar-refractivity contribution in [2.45, 2.75) is 52.2 Å². The lowest BCUT2D eigenvalue weighted by atomic mass is 10.0. The monoisotopic (exact) mass is 344 g/mol. The Morgan fingerprint density at radius 2 is 1.88 bits per heavy atom. The average molecular weight is 344 g/mol. The molecule has 0 aliphatic carbocycles. The Morgan fingerprint density at radius 3 is 2.48 bits per heavy atom. The summed E-state index contributed by atoms with van der Waals surface area (Å²) in [6, 6.07) is 8.05. The first-order valence-corrected chi connectivity index (χ1v) is 9.13. The molecule has 5 heteroatoms. The summed E-state index contributed by atoms with van der Waals surface area (Å²) in [5.74, 6) is 0.868. The lowest BCUT2D eigenvalue weighted by Crippen LogP contribution is -2.58. The van der Waals surface area contributed by atoms with Crippen molar-refractivity contribution in [1.82, 2.24) is 9.80 Å². The fourth-order valence-electron chi connectivity index (χ4n) is 3.56. The third-order valence-corrected chi connectivity index (χ3v) is 5.09. The minimum absolute atomic E-state index is 0.0486. The van der Waals surface area contributed by atoms with E-state index in [0.29, 0.717) is 26.1 Å². The van der Waals surface area contributed by atoms with Crippen LogP contribution >= 0.6 is 0 Å². The normalized spacial score (nSPS) is 21.4. The second-order valence-electron chi connectivity index (χ2n) is 8.02. The van der Waals surface area contributed by atoms with E-state index in [0.717, 1.165) is 12.2 Å². The first-order chi connectivity index (χ1) is 11.8. The fourth-order valence-corrected chi connectivity index (χ4v) is 3.56. The molecule has 0 saturated carbocycles. The Bertz CT molecular complexity index is 659. The molecule has 2 aliphatic heterocycles. The average Bonchev–Trinajstić information content (AvgIpc) is 2.92. The summed E-state index contributed by atoms with van der Waals surface area (Å²) in [6.07, 6.45) is 1.31. The molecule has 1 aromatic carbocycles. The molecule has 3 rings (SSSR count). The van der Waals surface area contributed by atoms with Gasteiger partial charge in [-0.2, -0.15) is 0 Å². The molecule has 0 aromatic heterocycles. The molecule has 0 N–H and O–H groups in total. The molecule has 2 saturated heterocycles. The van der Waals surface area contributed by atoms with Crippen molar-refractivity contribution in [2.75, 3.05) is 19.6 Å². The fraction of sp³-hybridized carbons (Fsp3) is 0.600. The van der Waals surface area contributed by atoms with Gasteiger partial charge in [0.25, 0.3) is 0 Å². The van der Waals surface area contributed by atoms with Crippen molar-refractivity contribution in [2.24, 2.45) is 5.92 Å². The van der Waals surface area contributed by atoms with Gasteiger partial charge in [0.05, 0.1) is 19.0 Å². The second kappa shape index (κ2) is 6.70. The van der Waals surface area contributed by atoms with E-state index in [4.69, 9.17) is 4.74 Å². The number of aryl methyl sites for hydroxylation is 1. The lowest BCUT2D eigenvalue weighted by molar-refractivity contribution is -0.144. The molecule has 1 atom stereocenters. The molecule has 0 spiro atoms. The smallest absolute Gasteiger partial charge is 0.228 e. The summed E-state index contributed by atoms with van der Waals surface area (Å²) < 4.78 is 6.04. The molecule has 2 aliphatic rings. The molecule has 0 unspecified atom stereocenters. The zero-order valence-electron chi connectivity index (χ0n) is 15.6. The Kier molecular flexibility index (Phi) is 4.76. The third-order valence-electron chi connectivity index (χ3n) is 5.09.